The molecule has 0 saturated carbocycles. The van der Waals surface area contributed by atoms with Crippen LogP contribution in [-0.2, 0) is 0 Å². The zero-order chi connectivity index (χ0) is 19.3. The van der Waals surface area contributed by atoms with E-state index in [2.05, 4.69) is 36.7 Å². The zero-order valence-corrected chi connectivity index (χ0v) is 15.2. The van der Waals surface area contributed by atoms with Gasteiger partial charge in [-0.25, -0.2) is 14.7 Å². The number of aliphatic imine (C=N–C) groups is 1. The van der Waals surface area contributed by atoms with Gasteiger partial charge < -0.3 is 5.32 Å². The van der Waals surface area contributed by atoms with Crippen LogP contribution < -0.4 is 5.32 Å². The monoisotopic (exact) mass is 388 g/mol. The SMILES string of the molecule is N#Cc1c(N=Cc2ccc(-n3cncn3)cc2)n[nH]c1Nc1cccc(Cl)c1. The smallest absolute Gasteiger partial charge is 0.193 e. The van der Waals surface area contributed by atoms with Gasteiger partial charge in [0.2, 0.25) is 0 Å². The molecule has 0 aliphatic heterocycles. The van der Waals surface area contributed by atoms with Gasteiger partial charge >= 0.3 is 0 Å². The Morgan fingerprint density at radius 2 is 2.07 bits per heavy atom. The van der Waals surface area contributed by atoms with Gasteiger partial charge in [0, 0.05) is 16.9 Å². The minimum absolute atomic E-state index is 0.299. The summed E-state index contributed by atoms with van der Waals surface area (Å²) in [6.07, 6.45) is 4.75. The first-order chi connectivity index (χ1) is 13.7. The van der Waals surface area contributed by atoms with E-state index in [0.29, 0.717) is 22.2 Å². The third-order valence-corrected chi connectivity index (χ3v) is 4.10. The lowest BCUT2D eigenvalue weighted by atomic mass is 10.2. The highest BCUT2D eigenvalue weighted by molar-refractivity contribution is 6.30. The summed E-state index contributed by atoms with van der Waals surface area (Å²) in [7, 11) is 0. The molecule has 0 fully saturated rings. The van der Waals surface area contributed by atoms with E-state index in [9.17, 15) is 5.26 Å². The molecule has 8 nitrogen and oxygen atoms in total. The standard InChI is InChI=1S/C19H13ClN8/c20-14-2-1-3-15(8-14)25-19-17(9-21)18(26-27-19)23-10-13-4-6-16(7-5-13)28-12-22-11-24-28/h1-8,10-12H,(H2,25,26,27). The molecule has 9 heteroatoms. The number of hydrogen-bond donors (Lipinski definition) is 2. The largest absolute Gasteiger partial charge is 0.339 e. The van der Waals surface area contributed by atoms with Crippen LogP contribution in [0.5, 0.6) is 0 Å². The summed E-state index contributed by atoms with van der Waals surface area (Å²) >= 11 is 5.99. The Bertz CT molecular complexity index is 1150. The van der Waals surface area contributed by atoms with Gasteiger partial charge in [-0.2, -0.15) is 15.5 Å². The molecule has 0 atom stereocenters. The Morgan fingerprint density at radius 1 is 1.21 bits per heavy atom. The summed E-state index contributed by atoms with van der Waals surface area (Å²) in [5.41, 5.74) is 2.81. The maximum absolute atomic E-state index is 9.49. The van der Waals surface area contributed by atoms with Crippen LogP contribution in [0.2, 0.25) is 5.02 Å². The normalized spacial score (nSPS) is 10.9. The van der Waals surface area contributed by atoms with Crippen molar-refractivity contribution in [3.8, 4) is 11.8 Å². The molecule has 0 amide bonds. The lowest BCUT2D eigenvalue weighted by Gasteiger charge is -2.03. The fourth-order valence-electron chi connectivity index (χ4n) is 2.52. The predicted octanol–water partition coefficient (Wildman–Crippen LogP) is 4.01. The van der Waals surface area contributed by atoms with E-state index in [1.807, 2.05) is 36.4 Å². The third kappa shape index (κ3) is 3.75. The lowest BCUT2D eigenvalue weighted by Crippen LogP contribution is -1.94. The van der Waals surface area contributed by atoms with Crippen LogP contribution in [0.4, 0.5) is 17.3 Å². The van der Waals surface area contributed by atoms with Crippen LogP contribution in [0.3, 0.4) is 0 Å². The van der Waals surface area contributed by atoms with Crippen LogP contribution in [0.25, 0.3) is 5.69 Å². The molecular weight excluding hydrogens is 376 g/mol. The molecule has 2 aromatic heterocycles. The van der Waals surface area contributed by atoms with Gasteiger partial charge in [-0.1, -0.05) is 29.8 Å². The summed E-state index contributed by atoms with van der Waals surface area (Å²) < 4.78 is 1.66. The highest BCUT2D eigenvalue weighted by Crippen LogP contribution is 2.26. The van der Waals surface area contributed by atoms with Crippen molar-refractivity contribution in [3.63, 3.8) is 0 Å². The third-order valence-electron chi connectivity index (χ3n) is 3.87. The summed E-state index contributed by atoms with van der Waals surface area (Å²) in [5, 5.41) is 24.2. The number of hydrogen-bond acceptors (Lipinski definition) is 6. The molecule has 0 saturated heterocycles. The Kier molecular flexibility index (Phi) is 4.82. The Labute approximate surface area is 165 Å². The van der Waals surface area contributed by atoms with Crippen LogP contribution in [0.15, 0.2) is 66.2 Å². The van der Waals surface area contributed by atoms with Gasteiger partial charge in [0.15, 0.2) is 5.82 Å². The minimum Gasteiger partial charge on any atom is -0.339 e. The fraction of sp³-hybridized carbons (Fsp3) is 0. The number of H-pyrrole nitrogens is 1. The molecule has 136 valence electrons. The van der Waals surface area contributed by atoms with Gasteiger partial charge in [-0.15, -0.1) is 0 Å². The van der Waals surface area contributed by atoms with Crippen LogP contribution in [0.1, 0.15) is 11.1 Å². The molecule has 28 heavy (non-hydrogen) atoms. The number of benzene rings is 2. The highest BCUT2D eigenvalue weighted by Gasteiger charge is 2.12. The first-order valence-corrected chi connectivity index (χ1v) is 8.61. The number of halogens is 1. The van der Waals surface area contributed by atoms with E-state index in [4.69, 9.17) is 11.6 Å². The van der Waals surface area contributed by atoms with Crippen LogP contribution in [0, 0.1) is 11.3 Å². The summed E-state index contributed by atoms with van der Waals surface area (Å²) in [4.78, 5) is 8.25. The van der Waals surface area contributed by atoms with E-state index in [0.717, 1.165) is 16.9 Å². The first kappa shape index (κ1) is 17.5. The Morgan fingerprint density at radius 3 is 2.79 bits per heavy atom. The molecule has 0 aliphatic rings. The molecule has 0 aliphatic carbocycles. The highest BCUT2D eigenvalue weighted by atomic mass is 35.5. The summed E-state index contributed by atoms with van der Waals surface area (Å²) in [5.74, 6) is 0.755. The minimum atomic E-state index is 0.299. The predicted molar refractivity (Wildman–Crippen MR) is 107 cm³/mol. The molecular formula is C19H13ClN8. The molecule has 4 rings (SSSR count). The fourth-order valence-corrected chi connectivity index (χ4v) is 2.71. The van der Waals surface area contributed by atoms with Crippen LogP contribution >= 0.6 is 11.6 Å². The molecule has 2 heterocycles. The van der Waals surface area contributed by atoms with Crippen molar-refractivity contribution in [2.24, 2.45) is 4.99 Å². The molecule has 0 spiro atoms. The molecule has 4 aromatic rings. The molecule has 0 radical (unpaired) electrons. The van der Waals surface area contributed by atoms with Crippen LogP contribution in [-0.4, -0.2) is 31.2 Å². The van der Waals surface area contributed by atoms with Gasteiger partial charge in [0.1, 0.15) is 30.1 Å². The zero-order valence-electron chi connectivity index (χ0n) is 14.4. The second kappa shape index (κ2) is 7.73. The first-order valence-electron chi connectivity index (χ1n) is 8.23. The summed E-state index contributed by atoms with van der Waals surface area (Å²) in [6.45, 7) is 0. The van der Waals surface area contributed by atoms with Crippen molar-refractivity contribution in [2.45, 2.75) is 0 Å². The number of anilines is 2. The summed E-state index contributed by atoms with van der Waals surface area (Å²) in [6, 6.07) is 16.9. The number of nitrogens with one attached hydrogen (secondary N) is 2. The number of aromatic nitrogens is 5. The van der Waals surface area contributed by atoms with Gasteiger partial charge in [0.25, 0.3) is 0 Å². The maximum Gasteiger partial charge on any atom is 0.193 e. The van der Waals surface area contributed by atoms with E-state index >= 15 is 0 Å². The molecule has 2 N–H and O–H groups in total. The number of nitrogens with zero attached hydrogens (tertiary/aromatic N) is 6. The average Bonchev–Trinajstić information content (AvgIpc) is 3.37. The molecule has 2 aromatic carbocycles. The van der Waals surface area contributed by atoms with Crippen molar-refractivity contribution in [1.82, 2.24) is 25.0 Å². The maximum atomic E-state index is 9.49. The van der Waals surface area contributed by atoms with Crippen molar-refractivity contribution < 1.29 is 0 Å². The van der Waals surface area contributed by atoms with Crippen molar-refractivity contribution in [2.75, 3.05) is 5.32 Å². The van der Waals surface area contributed by atoms with Gasteiger partial charge in [0.05, 0.1) is 5.69 Å². The van der Waals surface area contributed by atoms with E-state index in [-0.39, 0.29) is 0 Å². The molecule has 0 bridgehead atoms. The van der Waals surface area contributed by atoms with Crippen molar-refractivity contribution in [3.05, 3.63) is 77.3 Å². The quantitative estimate of drug-likeness (QED) is 0.502. The van der Waals surface area contributed by atoms with E-state index in [1.165, 1.54) is 6.33 Å². The van der Waals surface area contributed by atoms with Gasteiger partial charge in [-0.05, 0) is 35.9 Å². The molecule has 0 unspecified atom stereocenters. The second-order valence-electron chi connectivity index (χ2n) is 5.73. The lowest BCUT2D eigenvalue weighted by molar-refractivity contribution is 0.879. The van der Waals surface area contributed by atoms with Gasteiger partial charge in [-0.3, -0.25) is 5.10 Å². The second-order valence-corrected chi connectivity index (χ2v) is 6.17. The van der Waals surface area contributed by atoms with E-state index < -0.39 is 0 Å². The Balaban J connectivity index is 1.53. The number of rotatable bonds is 5. The van der Waals surface area contributed by atoms with Crippen molar-refractivity contribution >= 4 is 35.1 Å². The van der Waals surface area contributed by atoms with E-state index in [1.54, 1.807) is 29.4 Å². The average molecular weight is 389 g/mol. The number of nitriles is 1. The topological polar surface area (TPSA) is 108 Å². The Hall–Kier alpha value is -3.96. The number of aromatic amines is 1. The van der Waals surface area contributed by atoms with Crippen molar-refractivity contribution in [1.29, 1.82) is 5.26 Å².